The molecule has 1 unspecified atom stereocenters. The van der Waals surface area contributed by atoms with Crippen molar-refractivity contribution >= 4 is 23.6 Å². The van der Waals surface area contributed by atoms with E-state index in [1.165, 1.54) is 32.1 Å². The highest BCUT2D eigenvalue weighted by Gasteiger charge is 2.30. The molecule has 4 rings (SSSR count). The SMILES string of the molecule is CC.CSCCC(NC(=O)c1ccc(CN2C[C@@H](C)C[C@H]2COCC2CCCCC2)cc1-c1ccccc1C)C(=O)O. The van der Waals surface area contributed by atoms with Gasteiger partial charge in [-0.15, -0.1) is 0 Å². The molecule has 1 heterocycles. The van der Waals surface area contributed by atoms with Gasteiger partial charge in [0.2, 0.25) is 0 Å². The first-order valence-corrected chi connectivity index (χ1v) is 17.3. The number of aryl methyl sites for hydroxylation is 1. The highest BCUT2D eigenvalue weighted by Crippen LogP contribution is 2.31. The van der Waals surface area contributed by atoms with Gasteiger partial charge in [0.05, 0.1) is 6.61 Å². The van der Waals surface area contributed by atoms with Crippen LogP contribution in [0.1, 0.15) is 87.2 Å². The van der Waals surface area contributed by atoms with Crippen LogP contribution in [0.3, 0.4) is 0 Å². The Labute approximate surface area is 258 Å². The summed E-state index contributed by atoms with van der Waals surface area (Å²) < 4.78 is 6.27. The fraction of sp³-hybridized carbons (Fsp3) is 0.600. The molecule has 3 atom stereocenters. The van der Waals surface area contributed by atoms with E-state index in [1.54, 1.807) is 11.8 Å². The lowest BCUT2D eigenvalue weighted by Crippen LogP contribution is -2.41. The average Bonchev–Trinajstić information content (AvgIpc) is 3.35. The van der Waals surface area contributed by atoms with Gasteiger partial charge in [0, 0.05) is 31.3 Å². The summed E-state index contributed by atoms with van der Waals surface area (Å²) in [5.74, 6) is 0.662. The molecule has 2 aromatic rings. The van der Waals surface area contributed by atoms with E-state index in [1.807, 2.05) is 63.4 Å². The van der Waals surface area contributed by atoms with E-state index < -0.39 is 12.0 Å². The van der Waals surface area contributed by atoms with E-state index in [0.29, 0.717) is 29.7 Å². The molecule has 2 N–H and O–H groups in total. The third kappa shape index (κ3) is 9.85. The quantitative estimate of drug-likeness (QED) is 0.250. The molecule has 2 fully saturated rings. The molecule has 1 aliphatic heterocycles. The number of benzene rings is 2. The first-order valence-electron chi connectivity index (χ1n) is 15.9. The lowest BCUT2D eigenvalue weighted by Gasteiger charge is -2.27. The van der Waals surface area contributed by atoms with Gasteiger partial charge < -0.3 is 15.2 Å². The maximum Gasteiger partial charge on any atom is 0.326 e. The first kappa shape index (κ1) is 34.1. The number of carbonyl (C=O) groups is 2. The number of amides is 1. The average molecular weight is 597 g/mol. The minimum atomic E-state index is -1.00. The molecule has 232 valence electrons. The van der Waals surface area contributed by atoms with Crippen molar-refractivity contribution < 1.29 is 19.4 Å². The molecule has 0 spiro atoms. The van der Waals surface area contributed by atoms with Crippen LogP contribution in [0, 0.1) is 18.8 Å². The number of carboxylic acids is 1. The maximum absolute atomic E-state index is 13.4. The van der Waals surface area contributed by atoms with Crippen molar-refractivity contribution in [2.75, 3.05) is 31.8 Å². The lowest BCUT2D eigenvalue weighted by atomic mass is 9.90. The van der Waals surface area contributed by atoms with Crippen LogP contribution in [0.4, 0.5) is 0 Å². The van der Waals surface area contributed by atoms with Gasteiger partial charge in [0.25, 0.3) is 5.91 Å². The molecule has 0 aromatic heterocycles. The van der Waals surface area contributed by atoms with Crippen molar-refractivity contribution in [1.82, 2.24) is 10.2 Å². The molecule has 42 heavy (non-hydrogen) atoms. The van der Waals surface area contributed by atoms with E-state index in [9.17, 15) is 14.7 Å². The highest BCUT2D eigenvalue weighted by atomic mass is 32.2. The Balaban J connectivity index is 0.00000237. The second-order valence-electron chi connectivity index (χ2n) is 11.8. The normalized spacial score (nSPS) is 20.0. The third-order valence-electron chi connectivity index (χ3n) is 8.49. The number of carboxylic acid groups (broad SMARTS) is 1. The molecule has 1 aliphatic carbocycles. The van der Waals surface area contributed by atoms with Crippen molar-refractivity contribution in [2.24, 2.45) is 11.8 Å². The van der Waals surface area contributed by atoms with Crippen LogP contribution >= 0.6 is 11.8 Å². The molecule has 0 bridgehead atoms. The molecule has 2 aliphatic rings. The Kier molecular flexibility index (Phi) is 14.4. The zero-order chi connectivity index (χ0) is 30.5. The second kappa shape index (κ2) is 17.7. The van der Waals surface area contributed by atoms with Gasteiger partial charge in [-0.25, -0.2) is 4.79 Å². The van der Waals surface area contributed by atoms with Crippen molar-refractivity contribution in [3.63, 3.8) is 0 Å². The summed E-state index contributed by atoms with van der Waals surface area (Å²) in [4.78, 5) is 27.8. The molecule has 2 aromatic carbocycles. The number of hydrogen-bond donors (Lipinski definition) is 2. The molecule has 1 saturated carbocycles. The number of nitrogens with zero attached hydrogens (tertiary/aromatic N) is 1. The smallest absolute Gasteiger partial charge is 0.326 e. The Morgan fingerprint density at radius 1 is 1.07 bits per heavy atom. The Bertz CT molecular complexity index is 1130. The van der Waals surface area contributed by atoms with Crippen LogP contribution in [-0.4, -0.2) is 65.7 Å². The van der Waals surface area contributed by atoms with E-state index in [4.69, 9.17) is 4.74 Å². The van der Waals surface area contributed by atoms with Crippen molar-refractivity contribution in [3.05, 3.63) is 59.2 Å². The summed E-state index contributed by atoms with van der Waals surface area (Å²) in [6, 6.07) is 13.6. The number of thioether (sulfide) groups is 1. The molecule has 6 nitrogen and oxygen atoms in total. The number of ether oxygens (including phenoxy) is 1. The number of likely N-dealkylation sites (tertiary alicyclic amines) is 1. The summed E-state index contributed by atoms with van der Waals surface area (Å²) in [5.41, 5.74) is 4.58. The van der Waals surface area contributed by atoms with Gasteiger partial charge in [-0.3, -0.25) is 9.69 Å². The molecular formula is C35H52N2O4S. The van der Waals surface area contributed by atoms with Gasteiger partial charge in [-0.1, -0.05) is 70.4 Å². The summed E-state index contributed by atoms with van der Waals surface area (Å²) in [5, 5.41) is 12.4. The van der Waals surface area contributed by atoms with E-state index in [0.717, 1.165) is 60.9 Å². The summed E-state index contributed by atoms with van der Waals surface area (Å²) in [6.45, 7) is 11.9. The predicted octanol–water partition coefficient (Wildman–Crippen LogP) is 7.43. The number of aliphatic carboxylic acids is 1. The monoisotopic (exact) mass is 596 g/mol. The first-order chi connectivity index (χ1) is 20.4. The number of nitrogens with one attached hydrogen (secondary N) is 1. The van der Waals surface area contributed by atoms with Crippen LogP contribution in [0.2, 0.25) is 0 Å². The maximum atomic E-state index is 13.4. The van der Waals surface area contributed by atoms with E-state index >= 15 is 0 Å². The minimum Gasteiger partial charge on any atom is -0.480 e. The summed E-state index contributed by atoms with van der Waals surface area (Å²) in [7, 11) is 0. The predicted molar refractivity (Wildman–Crippen MR) is 175 cm³/mol. The van der Waals surface area contributed by atoms with Gasteiger partial charge >= 0.3 is 5.97 Å². The fourth-order valence-electron chi connectivity index (χ4n) is 6.28. The number of rotatable bonds is 13. The number of hydrogen-bond acceptors (Lipinski definition) is 5. The van der Waals surface area contributed by atoms with Crippen LogP contribution in [-0.2, 0) is 16.1 Å². The minimum absolute atomic E-state index is 0.345. The van der Waals surface area contributed by atoms with Gasteiger partial charge in [0.15, 0.2) is 0 Å². The Hall–Kier alpha value is -2.35. The standard InChI is InChI=1S/C33H46N2O4S.C2H6/c1-23-17-27(22-39-21-25-10-5-4-6-11-25)35(19-23)20-26-13-14-29(30(18-26)28-12-8-7-9-24(28)2)32(36)34-31(33(37)38)15-16-40-3;1-2/h7-9,12-14,18,23,25,27,31H,4-6,10-11,15-17,19-22H2,1-3H3,(H,34,36)(H,37,38);1-2H3/t23-,27-,31?;/m0./s1. The van der Waals surface area contributed by atoms with Crippen LogP contribution in [0.5, 0.6) is 0 Å². The molecule has 1 amide bonds. The topological polar surface area (TPSA) is 78.9 Å². The van der Waals surface area contributed by atoms with Crippen molar-refractivity contribution in [2.45, 2.75) is 91.3 Å². The van der Waals surface area contributed by atoms with Crippen molar-refractivity contribution in [1.29, 1.82) is 0 Å². The van der Waals surface area contributed by atoms with Crippen LogP contribution in [0.25, 0.3) is 11.1 Å². The highest BCUT2D eigenvalue weighted by molar-refractivity contribution is 7.98. The van der Waals surface area contributed by atoms with Crippen LogP contribution < -0.4 is 5.32 Å². The second-order valence-corrected chi connectivity index (χ2v) is 12.8. The van der Waals surface area contributed by atoms with Gasteiger partial charge in [-0.05, 0) is 90.8 Å². The molecular weight excluding hydrogens is 544 g/mol. The van der Waals surface area contributed by atoms with E-state index in [2.05, 4.69) is 23.2 Å². The van der Waals surface area contributed by atoms with E-state index in [-0.39, 0.29) is 5.91 Å². The number of carbonyl (C=O) groups excluding carboxylic acids is 1. The van der Waals surface area contributed by atoms with Crippen LogP contribution in [0.15, 0.2) is 42.5 Å². The zero-order valence-electron chi connectivity index (χ0n) is 26.4. The van der Waals surface area contributed by atoms with Gasteiger partial charge in [0.1, 0.15) is 6.04 Å². The Morgan fingerprint density at radius 2 is 1.81 bits per heavy atom. The lowest BCUT2D eigenvalue weighted by molar-refractivity contribution is -0.139. The molecule has 7 heteroatoms. The summed E-state index contributed by atoms with van der Waals surface area (Å²) in [6.07, 6.45) is 10.1. The Morgan fingerprint density at radius 3 is 2.50 bits per heavy atom. The van der Waals surface area contributed by atoms with Crippen molar-refractivity contribution in [3.8, 4) is 11.1 Å². The fourth-order valence-corrected chi connectivity index (χ4v) is 6.75. The third-order valence-corrected chi connectivity index (χ3v) is 9.13. The zero-order valence-corrected chi connectivity index (χ0v) is 27.2. The molecule has 0 radical (unpaired) electrons. The molecule has 1 saturated heterocycles. The largest absolute Gasteiger partial charge is 0.480 e. The van der Waals surface area contributed by atoms with Gasteiger partial charge in [-0.2, -0.15) is 11.8 Å². The summed E-state index contributed by atoms with van der Waals surface area (Å²) >= 11 is 1.57.